The Labute approximate surface area is 221 Å². The topological polar surface area (TPSA) is 92.9 Å². The fraction of sp³-hybridized carbons (Fsp3) is 0.241. The van der Waals surface area contributed by atoms with E-state index in [1.807, 2.05) is 60.7 Å². The van der Waals surface area contributed by atoms with Gasteiger partial charge >= 0.3 is 0 Å². The normalized spacial score (nSPS) is 10.7. The Morgan fingerprint density at radius 3 is 2.65 bits per heavy atom. The van der Waals surface area contributed by atoms with E-state index in [1.165, 1.54) is 6.21 Å². The monoisotopic (exact) mass is 513 g/mol. The SMILES string of the molecule is COc1ccccc1CNC(=O)CCCCc1nnc(SCc2cccc(C=N)c2)n1-c1ccccc1. The lowest BCUT2D eigenvalue weighted by atomic mass is 10.1. The molecule has 4 aromatic rings. The van der Waals surface area contributed by atoms with E-state index in [9.17, 15) is 4.79 Å². The van der Waals surface area contributed by atoms with Crippen molar-refractivity contribution in [1.29, 1.82) is 5.41 Å². The summed E-state index contributed by atoms with van der Waals surface area (Å²) < 4.78 is 7.45. The van der Waals surface area contributed by atoms with Crippen LogP contribution in [-0.4, -0.2) is 34.0 Å². The number of nitrogens with one attached hydrogen (secondary N) is 2. The summed E-state index contributed by atoms with van der Waals surface area (Å²) in [5.74, 6) is 2.42. The zero-order valence-electron chi connectivity index (χ0n) is 20.9. The fourth-order valence-electron chi connectivity index (χ4n) is 4.01. The highest BCUT2D eigenvalue weighted by molar-refractivity contribution is 7.98. The molecule has 0 atom stereocenters. The highest BCUT2D eigenvalue weighted by Crippen LogP contribution is 2.26. The number of thioether (sulfide) groups is 1. The third kappa shape index (κ3) is 7.30. The first kappa shape index (κ1) is 26.2. The highest BCUT2D eigenvalue weighted by atomic mass is 32.2. The van der Waals surface area contributed by atoms with Crippen molar-refractivity contribution >= 4 is 23.9 Å². The van der Waals surface area contributed by atoms with Crippen LogP contribution in [0.5, 0.6) is 5.75 Å². The molecule has 2 N–H and O–H groups in total. The lowest BCUT2D eigenvalue weighted by Gasteiger charge is -2.11. The van der Waals surface area contributed by atoms with E-state index in [-0.39, 0.29) is 5.91 Å². The van der Waals surface area contributed by atoms with Crippen LogP contribution >= 0.6 is 11.8 Å². The van der Waals surface area contributed by atoms with Gasteiger partial charge in [0, 0.05) is 42.6 Å². The Kier molecular flexibility index (Phi) is 9.48. The predicted molar refractivity (Wildman–Crippen MR) is 148 cm³/mol. The van der Waals surface area contributed by atoms with E-state index in [2.05, 4.69) is 38.3 Å². The number of aromatic nitrogens is 3. The van der Waals surface area contributed by atoms with Crippen LogP contribution in [-0.2, 0) is 23.5 Å². The molecule has 190 valence electrons. The van der Waals surface area contributed by atoms with Gasteiger partial charge in [-0.2, -0.15) is 0 Å². The number of nitrogens with zero attached hydrogens (tertiary/aromatic N) is 3. The first-order valence-corrected chi connectivity index (χ1v) is 13.3. The fourth-order valence-corrected chi connectivity index (χ4v) is 4.93. The molecule has 1 amide bonds. The molecular weight excluding hydrogens is 482 g/mol. The summed E-state index contributed by atoms with van der Waals surface area (Å²) in [5, 5.41) is 20.3. The van der Waals surface area contributed by atoms with Gasteiger partial charge in [-0.1, -0.05) is 66.4 Å². The minimum atomic E-state index is 0.0267. The van der Waals surface area contributed by atoms with Gasteiger partial charge < -0.3 is 15.5 Å². The summed E-state index contributed by atoms with van der Waals surface area (Å²) in [4.78, 5) is 12.4. The molecule has 37 heavy (non-hydrogen) atoms. The Morgan fingerprint density at radius 2 is 1.84 bits per heavy atom. The first-order valence-electron chi connectivity index (χ1n) is 12.3. The maximum absolute atomic E-state index is 12.4. The second-order valence-corrected chi connectivity index (χ2v) is 9.49. The van der Waals surface area contributed by atoms with Crippen molar-refractivity contribution in [2.45, 2.75) is 43.1 Å². The van der Waals surface area contributed by atoms with Crippen LogP contribution in [0.25, 0.3) is 5.69 Å². The molecule has 8 heteroatoms. The van der Waals surface area contributed by atoms with Crippen LogP contribution in [0.3, 0.4) is 0 Å². The van der Waals surface area contributed by atoms with Crippen molar-refractivity contribution in [2.24, 2.45) is 0 Å². The van der Waals surface area contributed by atoms with Gasteiger partial charge in [-0.05, 0) is 48.2 Å². The number of carbonyl (C=O) groups excluding carboxylic acids is 1. The van der Waals surface area contributed by atoms with E-state index >= 15 is 0 Å². The van der Waals surface area contributed by atoms with Gasteiger partial charge in [0.1, 0.15) is 11.6 Å². The summed E-state index contributed by atoms with van der Waals surface area (Å²) in [5.41, 5.74) is 4.00. The van der Waals surface area contributed by atoms with E-state index in [0.29, 0.717) is 13.0 Å². The van der Waals surface area contributed by atoms with Gasteiger partial charge in [-0.25, -0.2) is 0 Å². The molecule has 0 aliphatic heterocycles. The van der Waals surface area contributed by atoms with Gasteiger partial charge in [0.05, 0.1) is 7.11 Å². The molecule has 0 spiro atoms. The number of benzene rings is 3. The van der Waals surface area contributed by atoms with E-state index in [1.54, 1.807) is 18.9 Å². The van der Waals surface area contributed by atoms with Gasteiger partial charge in [0.2, 0.25) is 5.91 Å². The average Bonchev–Trinajstić information content (AvgIpc) is 3.36. The number of ether oxygens (including phenoxy) is 1. The molecule has 0 saturated heterocycles. The molecule has 0 saturated carbocycles. The summed E-state index contributed by atoms with van der Waals surface area (Å²) in [6.45, 7) is 0.453. The molecule has 0 aliphatic carbocycles. The van der Waals surface area contributed by atoms with Crippen molar-refractivity contribution in [3.05, 3.63) is 101 Å². The minimum Gasteiger partial charge on any atom is -0.496 e. The summed E-state index contributed by atoms with van der Waals surface area (Å²) >= 11 is 1.63. The van der Waals surface area contributed by atoms with Crippen LogP contribution in [0.4, 0.5) is 0 Å². The zero-order chi connectivity index (χ0) is 25.9. The first-order chi connectivity index (χ1) is 18.2. The molecule has 3 aromatic carbocycles. The van der Waals surface area contributed by atoms with Crippen molar-refractivity contribution in [1.82, 2.24) is 20.1 Å². The van der Waals surface area contributed by atoms with E-state index in [4.69, 9.17) is 10.1 Å². The number of para-hydroxylation sites is 2. The highest BCUT2D eigenvalue weighted by Gasteiger charge is 2.15. The molecule has 0 aliphatic rings. The number of carbonyl (C=O) groups is 1. The molecule has 0 bridgehead atoms. The van der Waals surface area contributed by atoms with Crippen LogP contribution in [0.1, 0.15) is 41.8 Å². The van der Waals surface area contributed by atoms with Crippen molar-refractivity contribution in [3.8, 4) is 11.4 Å². The zero-order valence-corrected chi connectivity index (χ0v) is 21.7. The number of unbranched alkanes of at least 4 members (excludes halogenated alkanes) is 1. The second-order valence-electron chi connectivity index (χ2n) is 8.54. The molecule has 7 nitrogen and oxygen atoms in total. The third-order valence-electron chi connectivity index (χ3n) is 5.92. The Balaban J connectivity index is 1.34. The molecule has 1 aromatic heterocycles. The minimum absolute atomic E-state index is 0.0267. The number of amides is 1. The standard InChI is InChI=1S/C29H31N5O2S/c1-36-26-15-6-5-12-24(26)20-31-28(35)17-8-7-16-27-32-33-29(34(27)25-13-3-2-4-14-25)37-21-23-11-9-10-22(18-23)19-30/h2-6,9-15,18-19,30H,7-8,16-17,20-21H2,1H3,(H,31,35). The van der Waals surface area contributed by atoms with Crippen LogP contribution in [0.15, 0.2) is 84.0 Å². The largest absolute Gasteiger partial charge is 0.496 e. The molecular formula is C29H31N5O2S. The maximum Gasteiger partial charge on any atom is 0.220 e. The van der Waals surface area contributed by atoms with Gasteiger partial charge in [0.15, 0.2) is 5.16 Å². The number of hydrogen-bond acceptors (Lipinski definition) is 6. The summed E-state index contributed by atoms with van der Waals surface area (Å²) in [7, 11) is 1.63. The quantitative estimate of drug-likeness (QED) is 0.138. The van der Waals surface area contributed by atoms with Crippen LogP contribution in [0.2, 0.25) is 0 Å². The average molecular weight is 514 g/mol. The lowest BCUT2D eigenvalue weighted by molar-refractivity contribution is -0.121. The van der Waals surface area contributed by atoms with Gasteiger partial charge in [-0.3, -0.25) is 9.36 Å². The second kappa shape index (κ2) is 13.4. The molecule has 1 heterocycles. The van der Waals surface area contributed by atoms with E-state index in [0.717, 1.165) is 64.1 Å². The number of hydrogen-bond donors (Lipinski definition) is 2. The molecule has 0 fully saturated rings. The lowest BCUT2D eigenvalue weighted by Crippen LogP contribution is -2.22. The molecule has 0 radical (unpaired) electrons. The Hall–Kier alpha value is -3.91. The summed E-state index contributed by atoms with van der Waals surface area (Å²) in [6, 6.07) is 25.8. The number of methoxy groups -OCH3 is 1. The van der Waals surface area contributed by atoms with Crippen molar-refractivity contribution < 1.29 is 9.53 Å². The third-order valence-corrected chi connectivity index (χ3v) is 6.92. The van der Waals surface area contributed by atoms with Crippen LogP contribution < -0.4 is 10.1 Å². The Bertz CT molecular complexity index is 1320. The predicted octanol–water partition coefficient (Wildman–Crippen LogP) is 5.60. The maximum atomic E-state index is 12.4. The number of rotatable bonds is 13. The molecule has 4 rings (SSSR count). The van der Waals surface area contributed by atoms with Crippen molar-refractivity contribution in [2.75, 3.05) is 7.11 Å². The van der Waals surface area contributed by atoms with E-state index < -0.39 is 0 Å². The number of aryl methyl sites for hydroxylation is 1. The van der Waals surface area contributed by atoms with Crippen LogP contribution in [0, 0.1) is 5.41 Å². The van der Waals surface area contributed by atoms with Crippen molar-refractivity contribution in [3.63, 3.8) is 0 Å². The smallest absolute Gasteiger partial charge is 0.220 e. The Morgan fingerprint density at radius 1 is 1.03 bits per heavy atom. The van der Waals surface area contributed by atoms with Gasteiger partial charge in [-0.15, -0.1) is 10.2 Å². The summed E-state index contributed by atoms with van der Waals surface area (Å²) in [6.07, 6.45) is 4.14. The molecule has 0 unspecified atom stereocenters. The van der Waals surface area contributed by atoms with Gasteiger partial charge in [0.25, 0.3) is 0 Å².